The molecule has 2 rings (SSSR count). The van der Waals surface area contributed by atoms with Crippen molar-refractivity contribution in [1.82, 2.24) is 9.55 Å². The van der Waals surface area contributed by atoms with Crippen LogP contribution in [-0.2, 0) is 19.9 Å². The van der Waals surface area contributed by atoms with Crippen molar-refractivity contribution in [3.05, 3.63) is 34.0 Å². The number of aromatic carboxylic acids is 1. The summed E-state index contributed by atoms with van der Waals surface area (Å²) < 4.78 is 7.56. The molecule has 0 spiro atoms. The zero-order valence-electron chi connectivity index (χ0n) is 11.6. The Kier molecular flexibility index (Phi) is 4.79. The monoisotopic (exact) mass is 294 g/mol. The summed E-state index contributed by atoms with van der Waals surface area (Å²) in [7, 11) is 1.93. The van der Waals surface area contributed by atoms with Gasteiger partial charge in [-0.1, -0.05) is 13.3 Å². The van der Waals surface area contributed by atoms with Gasteiger partial charge in [0.1, 0.15) is 11.6 Å². The van der Waals surface area contributed by atoms with E-state index in [1.165, 1.54) is 11.3 Å². The number of carboxylic acids is 1. The number of ether oxygens (including phenoxy) is 1. The first-order valence-corrected chi connectivity index (χ1v) is 7.38. The van der Waals surface area contributed by atoms with Crippen LogP contribution < -0.4 is 4.74 Å². The number of carbonyl (C=O) groups is 1. The van der Waals surface area contributed by atoms with E-state index in [4.69, 9.17) is 4.74 Å². The van der Waals surface area contributed by atoms with E-state index in [1.807, 2.05) is 23.9 Å². The van der Waals surface area contributed by atoms with Gasteiger partial charge >= 0.3 is 5.97 Å². The van der Waals surface area contributed by atoms with E-state index >= 15 is 0 Å². The summed E-state index contributed by atoms with van der Waals surface area (Å²) in [5.41, 5.74) is 0. The van der Waals surface area contributed by atoms with Gasteiger partial charge in [0.15, 0.2) is 4.88 Å². The van der Waals surface area contributed by atoms with Crippen molar-refractivity contribution in [2.75, 3.05) is 6.61 Å². The molecule has 0 aliphatic rings. The predicted octanol–water partition coefficient (Wildman–Crippen LogP) is 2.75. The zero-order chi connectivity index (χ0) is 14.5. The van der Waals surface area contributed by atoms with Crippen LogP contribution in [-0.4, -0.2) is 27.2 Å². The van der Waals surface area contributed by atoms with Crippen LogP contribution in [0.15, 0.2) is 18.5 Å². The highest BCUT2D eigenvalue weighted by Gasteiger charge is 2.16. The Morgan fingerprint density at radius 1 is 1.50 bits per heavy atom. The quantitative estimate of drug-likeness (QED) is 0.853. The molecule has 108 valence electrons. The van der Waals surface area contributed by atoms with Crippen LogP contribution in [0.3, 0.4) is 0 Å². The molecule has 2 aromatic heterocycles. The standard InChI is InChI=1S/C14H18N2O3S/c1-3-4-10-9-11(13(20-10)14(17)18)19-8-5-12-15-6-7-16(12)2/h6-7,9H,3-5,8H2,1-2H3,(H,17,18). The van der Waals surface area contributed by atoms with E-state index in [-0.39, 0.29) is 4.88 Å². The minimum Gasteiger partial charge on any atom is -0.491 e. The first-order chi connectivity index (χ1) is 9.61. The van der Waals surface area contributed by atoms with Crippen molar-refractivity contribution >= 4 is 17.3 Å². The molecule has 0 fully saturated rings. The fourth-order valence-corrected chi connectivity index (χ4v) is 2.98. The van der Waals surface area contributed by atoms with Crippen molar-refractivity contribution < 1.29 is 14.6 Å². The number of hydrogen-bond donors (Lipinski definition) is 1. The largest absolute Gasteiger partial charge is 0.491 e. The number of aromatic nitrogens is 2. The van der Waals surface area contributed by atoms with Gasteiger partial charge in [0.25, 0.3) is 0 Å². The molecule has 0 unspecified atom stereocenters. The SMILES string of the molecule is CCCc1cc(OCCc2nccn2C)c(C(=O)O)s1. The summed E-state index contributed by atoms with van der Waals surface area (Å²) in [6, 6.07) is 1.84. The Hall–Kier alpha value is -1.82. The Morgan fingerprint density at radius 2 is 2.30 bits per heavy atom. The molecule has 0 radical (unpaired) electrons. The van der Waals surface area contributed by atoms with Crippen molar-refractivity contribution in [1.29, 1.82) is 0 Å². The molecular weight excluding hydrogens is 276 g/mol. The second-order valence-corrected chi connectivity index (χ2v) is 5.65. The molecule has 1 N–H and O–H groups in total. The Bertz CT molecular complexity index is 589. The third kappa shape index (κ3) is 3.39. The van der Waals surface area contributed by atoms with E-state index in [1.54, 1.807) is 6.20 Å². The lowest BCUT2D eigenvalue weighted by Crippen LogP contribution is -2.07. The highest BCUT2D eigenvalue weighted by atomic mass is 32.1. The van der Waals surface area contributed by atoms with E-state index in [2.05, 4.69) is 11.9 Å². The molecular formula is C14H18N2O3S. The highest BCUT2D eigenvalue weighted by molar-refractivity contribution is 7.14. The van der Waals surface area contributed by atoms with Crippen LogP contribution in [0.1, 0.15) is 33.7 Å². The normalized spacial score (nSPS) is 10.7. The Balaban J connectivity index is 2.01. The summed E-state index contributed by atoms with van der Waals surface area (Å²) >= 11 is 1.30. The average Bonchev–Trinajstić information content (AvgIpc) is 2.98. The van der Waals surface area contributed by atoms with Gasteiger partial charge in [0.05, 0.1) is 6.61 Å². The third-order valence-electron chi connectivity index (χ3n) is 2.94. The van der Waals surface area contributed by atoms with E-state index in [9.17, 15) is 9.90 Å². The molecule has 0 saturated heterocycles. The summed E-state index contributed by atoms with van der Waals surface area (Å²) in [6.07, 6.45) is 6.14. The molecule has 0 atom stereocenters. The van der Waals surface area contributed by atoms with Gasteiger partial charge < -0.3 is 14.4 Å². The lowest BCUT2D eigenvalue weighted by atomic mass is 10.3. The number of imidazole rings is 1. The van der Waals surface area contributed by atoms with E-state index in [0.717, 1.165) is 23.5 Å². The van der Waals surface area contributed by atoms with Gasteiger partial charge in [-0.2, -0.15) is 0 Å². The lowest BCUT2D eigenvalue weighted by Gasteiger charge is -2.05. The fourth-order valence-electron chi connectivity index (χ4n) is 1.94. The minimum absolute atomic E-state index is 0.285. The Morgan fingerprint density at radius 3 is 2.90 bits per heavy atom. The van der Waals surface area contributed by atoms with Gasteiger partial charge in [-0.05, 0) is 12.5 Å². The first-order valence-electron chi connectivity index (χ1n) is 6.56. The van der Waals surface area contributed by atoms with E-state index < -0.39 is 5.97 Å². The van der Waals surface area contributed by atoms with Crippen molar-refractivity contribution in [3.63, 3.8) is 0 Å². The summed E-state index contributed by atoms with van der Waals surface area (Å²) in [4.78, 5) is 16.7. The number of carboxylic acid groups (broad SMARTS) is 1. The molecule has 2 aromatic rings. The first kappa shape index (κ1) is 14.6. The van der Waals surface area contributed by atoms with E-state index in [0.29, 0.717) is 18.8 Å². The maximum absolute atomic E-state index is 11.2. The van der Waals surface area contributed by atoms with Crippen molar-refractivity contribution in [2.24, 2.45) is 7.05 Å². The summed E-state index contributed by atoms with van der Waals surface area (Å²) in [5, 5.41) is 9.19. The molecule has 0 amide bonds. The molecule has 0 aliphatic heterocycles. The third-order valence-corrected chi connectivity index (χ3v) is 4.11. The maximum atomic E-state index is 11.2. The number of rotatable bonds is 7. The zero-order valence-corrected chi connectivity index (χ0v) is 12.4. The fraction of sp³-hybridized carbons (Fsp3) is 0.429. The number of nitrogens with zero attached hydrogens (tertiary/aromatic N) is 2. The van der Waals surface area contributed by atoms with Gasteiger partial charge in [-0.3, -0.25) is 0 Å². The molecule has 2 heterocycles. The second-order valence-electron chi connectivity index (χ2n) is 4.51. The van der Waals surface area contributed by atoms with Gasteiger partial charge in [0, 0.05) is 30.7 Å². The molecule has 0 aromatic carbocycles. The minimum atomic E-state index is -0.927. The Labute approximate surface area is 121 Å². The van der Waals surface area contributed by atoms with Crippen molar-refractivity contribution in [2.45, 2.75) is 26.2 Å². The number of thiophene rings is 1. The molecule has 0 bridgehead atoms. The average molecular weight is 294 g/mol. The smallest absolute Gasteiger partial charge is 0.349 e. The van der Waals surface area contributed by atoms with Gasteiger partial charge in [-0.25, -0.2) is 9.78 Å². The summed E-state index contributed by atoms with van der Waals surface area (Å²) in [5.74, 6) is 0.468. The van der Waals surface area contributed by atoms with Gasteiger partial charge in [0.2, 0.25) is 0 Å². The van der Waals surface area contributed by atoms with Crippen LogP contribution in [0.2, 0.25) is 0 Å². The molecule has 5 nitrogen and oxygen atoms in total. The topological polar surface area (TPSA) is 64.4 Å². The molecule has 6 heteroatoms. The molecule has 0 saturated carbocycles. The molecule has 20 heavy (non-hydrogen) atoms. The van der Waals surface area contributed by atoms with Gasteiger partial charge in [-0.15, -0.1) is 11.3 Å². The lowest BCUT2D eigenvalue weighted by molar-refractivity contribution is 0.0698. The van der Waals surface area contributed by atoms with Crippen molar-refractivity contribution in [3.8, 4) is 5.75 Å². The maximum Gasteiger partial charge on any atom is 0.349 e. The van der Waals surface area contributed by atoms with Crippen LogP contribution in [0.4, 0.5) is 0 Å². The highest BCUT2D eigenvalue weighted by Crippen LogP contribution is 2.30. The van der Waals surface area contributed by atoms with Crippen LogP contribution >= 0.6 is 11.3 Å². The second kappa shape index (κ2) is 6.56. The van der Waals surface area contributed by atoms with Crippen LogP contribution in [0, 0.1) is 0 Å². The number of hydrogen-bond acceptors (Lipinski definition) is 4. The van der Waals surface area contributed by atoms with Crippen LogP contribution in [0.25, 0.3) is 0 Å². The predicted molar refractivity (Wildman–Crippen MR) is 77.7 cm³/mol. The summed E-state index contributed by atoms with van der Waals surface area (Å²) in [6.45, 7) is 2.50. The number of aryl methyl sites for hydroxylation is 2. The van der Waals surface area contributed by atoms with Crippen LogP contribution in [0.5, 0.6) is 5.75 Å². The molecule has 0 aliphatic carbocycles.